The summed E-state index contributed by atoms with van der Waals surface area (Å²) in [6.45, 7) is 4.64. The second-order valence-corrected chi connectivity index (χ2v) is 4.77. The topological polar surface area (TPSA) is 52.3 Å². The normalized spacial score (nSPS) is 10.3. The first kappa shape index (κ1) is 14.1. The van der Waals surface area contributed by atoms with Gasteiger partial charge in [-0.25, -0.2) is 0 Å². The fourth-order valence-corrected chi connectivity index (χ4v) is 1.91. The first-order valence-corrected chi connectivity index (χ1v) is 6.75. The Morgan fingerprint density at radius 2 is 1.75 bits per heavy atom. The van der Waals surface area contributed by atoms with Crippen LogP contribution < -0.4 is 10.5 Å². The van der Waals surface area contributed by atoms with E-state index in [1.54, 1.807) is 24.3 Å². The smallest absolute Gasteiger partial charge is 0.193 e. The van der Waals surface area contributed by atoms with Gasteiger partial charge in [0, 0.05) is 16.8 Å². The molecular formula is C17H19NO2. The Labute approximate surface area is 119 Å². The number of benzene rings is 2. The Kier molecular flexibility index (Phi) is 4.41. The van der Waals surface area contributed by atoms with E-state index < -0.39 is 0 Å². The molecule has 0 saturated heterocycles. The molecule has 0 spiro atoms. The van der Waals surface area contributed by atoms with Gasteiger partial charge in [0.2, 0.25) is 0 Å². The molecule has 104 valence electrons. The van der Waals surface area contributed by atoms with E-state index in [0.717, 1.165) is 17.7 Å². The van der Waals surface area contributed by atoms with Crippen molar-refractivity contribution >= 4 is 11.5 Å². The van der Waals surface area contributed by atoms with Gasteiger partial charge in [-0.05, 0) is 61.4 Å². The molecule has 0 aliphatic carbocycles. The van der Waals surface area contributed by atoms with Gasteiger partial charge in [-0.2, -0.15) is 0 Å². The third-order valence-electron chi connectivity index (χ3n) is 3.12. The van der Waals surface area contributed by atoms with Crippen molar-refractivity contribution in [1.29, 1.82) is 0 Å². The van der Waals surface area contributed by atoms with Crippen LogP contribution in [-0.2, 0) is 0 Å². The number of hydrogen-bond donors (Lipinski definition) is 1. The monoisotopic (exact) mass is 269 g/mol. The summed E-state index contributed by atoms with van der Waals surface area (Å²) < 4.78 is 5.50. The zero-order valence-electron chi connectivity index (χ0n) is 11.8. The Morgan fingerprint density at radius 3 is 2.35 bits per heavy atom. The zero-order valence-corrected chi connectivity index (χ0v) is 11.8. The van der Waals surface area contributed by atoms with Gasteiger partial charge in [0.15, 0.2) is 5.78 Å². The van der Waals surface area contributed by atoms with Crippen molar-refractivity contribution in [2.75, 3.05) is 12.3 Å². The van der Waals surface area contributed by atoms with Crippen LogP contribution in [0.25, 0.3) is 0 Å². The van der Waals surface area contributed by atoms with Crippen molar-refractivity contribution in [2.45, 2.75) is 20.3 Å². The van der Waals surface area contributed by atoms with Gasteiger partial charge in [0.25, 0.3) is 0 Å². The van der Waals surface area contributed by atoms with Crippen LogP contribution in [-0.4, -0.2) is 12.4 Å². The predicted octanol–water partition coefficient (Wildman–Crippen LogP) is 3.60. The standard InChI is InChI=1S/C17H19NO2/c1-3-10-20-15-7-4-13(5-8-15)17(19)14-6-9-16(18)12(2)11-14/h4-9,11H,3,10,18H2,1-2H3. The third-order valence-corrected chi connectivity index (χ3v) is 3.12. The van der Waals surface area contributed by atoms with Gasteiger partial charge >= 0.3 is 0 Å². The highest BCUT2D eigenvalue weighted by molar-refractivity contribution is 6.09. The number of nitrogen functional groups attached to an aromatic ring is 1. The van der Waals surface area contributed by atoms with Crippen LogP contribution in [0.1, 0.15) is 34.8 Å². The van der Waals surface area contributed by atoms with Crippen LogP contribution in [0.15, 0.2) is 42.5 Å². The maximum Gasteiger partial charge on any atom is 0.193 e. The number of anilines is 1. The molecule has 0 fully saturated rings. The Balaban J connectivity index is 2.18. The molecule has 0 heterocycles. The highest BCUT2D eigenvalue weighted by Crippen LogP contribution is 2.18. The number of carbonyl (C=O) groups excluding carboxylic acids is 1. The average molecular weight is 269 g/mol. The number of carbonyl (C=O) groups is 1. The quantitative estimate of drug-likeness (QED) is 0.666. The number of ether oxygens (including phenoxy) is 1. The van der Waals surface area contributed by atoms with Crippen LogP contribution in [0.2, 0.25) is 0 Å². The SMILES string of the molecule is CCCOc1ccc(C(=O)c2ccc(N)c(C)c2)cc1. The van der Waals surface area contributed by atoms with Crippen LogP contribution in [0.3, 0.4) is 0 Å². The Hall–Kier alpha value is -2.29. The summed E-state index contributed by atoms with van der Waals surface area (Å²) in [7, 11) is 0. The molecule has 2 rings (SSSR count). The lowest BCUT2D eigenvalue weighted by Crippen LogP contribution is -2.03. The summed E-state index contributed by atoms with van der Waals surface area (Å²) in [5, 5.41) is 0. The molecule has 20 heavy (non-hydrogen) atoms. The van der Waals surface area contributed by atoms with Crippen LogP contribution >= 0.6 is 0 Å². The maximum absolute atomic E-state index is 12.4. The van der Waals surface area contributed by atoms with Crippen LogP contribution in [0, 0.1) is 6.92 Å². The molecular weight excluding hydrogens is 250 g/mol. The van der Waals surface area contributed by atoms with E-state index in [4.69, 9.17) is 10.5 Å². The summed E-state index contributed by atoms with van der Waals surface area (Å²) in [5.74, 6) is 0.784. The van der Waals surface area contributed by atoms with E-state index in [9.17, 15) is 4.79 Å². The fourth-order valence-electron chi connectivity index (χ4n) is 1.91. The van der Waals surface area contributed by atoms with E-state index in [1.165, 1.54) is 0 Å². The van der Waals surface area contributed by atoms with Crippen LogP contribution in [0.5, 0.6) is 5.75 Å². The summed E-state index contributed by atoms with van der Waals surface area (Å²) in [6, 6.07) is 12.6. The Morgan fingerprint density at radius 1 is 1.10 bits per heavy atom. The number of ketones is 1. The van der Waals surface area contributed by atoms with E-state index in [2.05, 4.69) is 6.92 Å². The van der Waals surface area contributed by atoms with Gasteiger partial charge in [-0.3, -0.25) is 4.79 Å². The van der Waals surface area contributed by atoms with Gasteiger partial charge < -0.3 is 10.5 Å². The number of aryl methyl sites for hydroxylation is 1. The number of rotatable bonds is 5. The maximum atomic E-state index is 12.4. The minimum absolute atomic E-state index is 0.00450. The zero-order chi connectivity index (χ0) is 14.5. The molecule has 0 aromatic heterocycles. The molecule has 3 heteroatoms. The molecule has 0 aliphatic heterocycles. The van der Waals surface area contributed by atoms with E-state index in [-0.39, 0.29) is 5.78 Å². The van der Waals surface area contributed by atoms with Crippen molar-refractivity contribution in [3.05, 3.63) is 59.2 Å². The number of hydrogen-bond acceptors (Lipinski definition) is 3. The van der Waals surface area contributed by atoms with Crippen molar-refractivity contribution < 1.29 is 9.53 Å². The molecule has 2 aromatic carbocycles. The van der Waals surface area contributed by atoms with E-state index in [1.807, 2.05) is 25.1 Å². The fraction of sp³-hybridized carbons (Fsp3) is 0.235. The molecule has 0 amide bonds. The molecule has 0 unspecified atom stereocenters. The summed E-state index contributed by atoms with van der Waals surface area (Å²) in [4.78, 5) is 12.4. The van der Waals surface area contributed by atoms with Gasteiger partial charge in [-0.1, -0.05) is 6.92 Å². The Bertz CT molecular complexity index is 603. The summed E-state index contributed by atoms with van der Waals surface area (Å²) in [6.07, 6.45) is 0.964. The van der Waals surface area contributed by atoms with Crippen LogP contribution in [0.4, 0.5) is 5.69 Å². The lowest BCUT2D eigenvalue weighted by atomic mass is 10.0. The lowest BCUT2D eigenvalue weighted by Gasteiger charge is -2.07. The minimum atomic E-state index is -0.00450. The molecule has 0 bridgehead atoms. The summed E-state index contributed by atoms with van der Waals surface area (Å²) in [5.41, 5.74) is 8.68. The second kappa shape index (κ2) is 6.24. The molecule has 3 nitrogen and oxygen atoms in total. The molecule has 0 aliphatic rings. The first-order valence-electron chi connectivity index (χ1n) is 6.75. The predicted molar refractivity (Wildman–Crippen MR) is 81.3 cm³/mol. The van der Waals surface area contributed by atoms with Crippen molar-refractivity contribution in [3.63, 3.8) is 0 Å². The molecule has 0 radical (unpaired) electrons. The molecule has 2 N–H and O–H groups in total. The van der Waals surface area contributed by atoms with Crippen molar-refractivity contribution in [1.82, 2.24) is 0 Å². The first-order chi connectivity index (χ1) is 9.61. The lowest BCUT2D eigenvalue weighted by molar-refractivity contribution is 0.103. The average Bonchev–Trinajstić information content (AvgIpc) is 2.48. The van der Waals surface area contributed by atoms with Gasteiger partial charge in [-0.15, -0.1) is 0 Å². The van der Waals surface area contributed by atoms with Crippen molar-refractivity contribution in [2.24, 2.45) is 0 Å². The van der Waals surface area contributed by atoms with Gasteiger partial charge in [0.05, 0.1) is 6.61 Å². The highest BCUT2D eigenvalue weighted by Gasteiger charge is 2.10. The second-order valence-electron chi connectivity index (χ2n) is 4.77. The van der Waals surface area contributed by atoms with Crippen molar-refractivity contribution in [3.8, 4) is 5.75 Å². The number of nitrogens with two attached hydrogens (primary N) is 1. The molecule has 2 aromatic rings. The summed E-state index contributed by atoms with van der Waals surface area (Å²) >= 11 is 0. The molecule has 0 atom stereocenters. The van der Waals surface area contributed by atoms with E-state index in [0.29, 0.717) is 23.4 Å². The van der Waals surface area contributed by atoms with E-state index >= 15 is 0 Å². The van der Waals surface area contributed by atoms with Gasteiger partial charge in [0.1, 0.15) is 5.75 Å². The highest BCUT2D eigenvalue weighted by atomic mass is 16.5. The largest absolute Gasteiger partial charge is 0.494 e. The third kappa shape index (κ3) is 3.18. The molecule has 0 saturated carbocycles. The minimum Gasteiger partial charge on any atom is -0.494 e.